The lowest BCUT2D eigenvalue weighted by Crippen LogP contribution is -2.29. The van der Waals surface area contributed by atoms with E-state index in [2.05, 4.69) is 21.8 Å². The summed E-state index contributed by atoms with van der Waals surface area (Å²) in [6.07, 6.45) is -1.29. The molecule has 0 bridgehead atoms. The fourth-order valence-electron chi connectivity index (χ4n) is 2.21. The average Bonchev–Trinajstić information content (AvgIpc) is 3.13. The maximum absolute atomic E-state index is 12.7. The van der Waals surface area contributed by atoms with Crippen molar-refractivity contribution < 1.29 is 18.0 Å². The number of amides is 1. The van der Waals surface area contributed by atoms with E-state index in [1.807, 2.05) is 0 Å². The summed E-state index contributed by atoms with van der Waals surface area (Å²) in [4.78, 5) is 18.8. The minimum atomic E-state index is -4.40. The number of carbonyl (C=O) groups is 1. The lowest BCUT2D eigenvalue weighted by atomic mass is 10.1. The fourth-order valence-corrected chi connectivity index (χ4v) is 3.82. The first kappa shape index (κ1) is 19.3. The summed E-state index contributed by atoms with van der Waals surface area (Å²) in [6, 6.07) is 4.61. The van der Waals surface area contributed by atoms with E-state index in [0.717, 1.165) is 28.9 Å². The molecule has 1 aliphatic heterocycles. The van der Waals surface area contributed by atoms with Crippen LogP contribution in [-0.2, 0) is 11.0 Å². The lowest BCUT2D eigenvalue weighted by molar-refractivity contribution is -0.137. The second kappa shape index (κ2) is 7.65. The molecule has 1 saturated heterocycles. The zero-order valence-corrected chi connectivity index (χ0v) is 15.7. The molecule has 5 nitrogen and oxygen atoms in total. The van der Waals surface area contributed by atoms with Crippen LogP contribution in [0.4, 0.5) is 18.3 Å². The average molecular weight is 410 g/mol. The third kappa shape index (κ3) is 4.45. The maximum atomic E-state index is 12.7. The number of halogens is 3. The zero-order valence-electron chi connectivity index (χ0n) is 14.0. The molecular formula is C17H13F3N4OS2. The zero-order chi connectivity index (χ0) is 19.6. The van der Waals surface area contributed by atoms with E-state index in [1.54, 1.807) is 13.0 Å². The van der Waals surface area contributed by atoms with Crippen molar-refractivity contribution in [1.82, 2.24) is 15.1 Å². The van der Waals surface area contributed by atoms with E-state index in [-0.39, 0.29) is 12.5 Å². The Morgan fingerprint density at radius 1 is 1.26 bits per heavy atom. The predicted octanol–water partition coefficient (Wildman–Crippen LogP) is 4.66. The summed E-state index contributed by atoms with van der Waals surface area (Å²) in [5, 5.41) is 9.40. The van der Waals surface area contributed by atoms with Crippen LogP contribution in [0.5, 0.6) is 0 Å². The number of aryl methyl sites for hydroxylation is 1. The third-order valence-corrected chi connectivity index (χ3v) is 5.18. The number of hydrogen-bond donors (Lipinski definition) is 0. The van der Waals surface area contributed by atoms with E-state index >= 15 is 0 Å². The first-order valence-corrected chi connectivity index (χ1v) is 9.29. The first-order chi connectivity index (χ1) is 12.8. The second-order valence-corrected chi connectivity index (χ2v) is 7.60. The van der Waals surface area contributed by atoms with Gasteiger partial charge in [0.2, 0.25) is 5.13 Å². The minimum absolute atomic E-state index is 0.257. The summed E-state index contributed by atoms with van der Waals surface area (Å²) in [5.74, 6) is -0.292. The molecule has 2 heterocycles. The van der Waals surface area contributed by atoms with Gasteiger partial charge in [-0.1, -0.05) is 29.5 Å². The Morgan fingerprint density at radius 2 is 1.96 bits per heavy atom. The van der Waals surface area contributed by atoms with Crippen LogP contribution in [0.25, 0.3) is 6.08 Å². The van der Waals surface area contributed by atoms with Gasteiger partial charge in [-0.05, 0) is 42.5 Å². The topological polar surface area (TPSA) is 58.5 Å². The number of rotatable bonds is 4. The van der Waals surface area contributed by atoms with Crippen molar-refractivity contribution in [1.29, 1.82) is 0 Å². The Morgan fingerprint density at radius 3 is 2.52 bits per heavy atom. The van der Waals surface area contributed by atoms with Crippen LogP contribution in [0, 0.1) is 6.92 Å². The molecule has 1 aromatic carbocycles. The maximum Gasteiger partial charge on any atom is 0.416 e. The number of thioether (sulfide) groups is 1. The van der Waals surface area contributed by atoms with Crippen molar-refractivity contribution in [3.8, 4) is 0 Å². The van der Waals surface area contributed by atoms with Crippen molar-refractivity contribution in [3.63, 3.8) is 0 Å². The Bertz CT molecular complexity index is 932. The Kier molecular flexibility index (Phi) is 5.47. The van der Waals surface area contributed by atoms with Crippen LogP contribution in [0.1, 0.15) is 16.1 Å². The summed E-state index contributed by atoms with van der Waals surface area (Å²) in [5.41, 5.74) is -0.248. The van der Waals surface area contributed by atoms with Crippen molar-refractivity contribution in [2.75, 3.05) is 6.54 Å². The number of hydrogen-bond acceptors (Lipinski definition) is 6. The van der Waals surface area contributed by atoms with Gasteiger partial charge in [-0.2, -0.15) is 18.2 Å². The van der Waals surface area contributed by atoms with Crippen LogP contribution in [0.3, 0.4) is 0 Å². The second-order valence-electron chi connectivity index (χ2n) is 5.43. The van der Waals surface area contributed by atoms with E-state index in [0.29, 0.717) is 20.8 Å². The van der Waals surface area contributed by atoms with Crippen LogP contribution < -0.4 is 0 Å². The molecule has 0 atom stereocenters. The molecule has 1 aliphatic rings. The highest BCUT2D eigenvalue weighted by molar-refractivity contribution is 8.18. The number of alkyl halides is 3. The van der Waals surface area contributed by atoms with Gasteiger partial charge in [0.05, 0.1) is 10.5 Å². The Hall–Kier alpha value is -2.46. The number of carbonyl (C=O) groups excluding carboxylic acids is 1. The Balaban J connectivity index is 1.89. The summed E-state index contributed by atoms with van der Waals surface area (Å²) in [7, 11) is 0. The highest BCUT2D eigenvalue weighted by Gasteiger charge is 2.33. The van der Waals surface area contributed by atoms with Gasteiger partial charge in [0, 0.05) is 6.54 Å². The summed E-state index contributed by atoms with van der Waals surface area (Å²) < 4.78 is 38.0. The van der Waals surface area contributed by atoms with Crippen LogP contribution in [-0.4, -0.2) is 32.7 Å². The van der Waals surface area contributed by atoms with E-state index < -0.39 is 11.7 Å². The number of aromatic nitrogens is 2. The Labute approximate surface area is 161 Å². The quantitative estimate of drug-likeness (QED) is 0.544. The first-order valence-electron chi connectivity index (χ1n) is 7.66. The summed E-state index contributed by atoms with van der Waals surface area (Å²) >= 11 is 2.42. The molecule has 2 aromatic rings. The molecule has 0 unspecified atom stereocenters. The molecule has 140 valence electrons. The van der Waals surface area contributed by atoms with E-state index in [9.17, 15) is 18.0 Å². The number of benzene rings is 1. The molecule has 3 rings (SSSR count). The van der Waals surface area contributed by atoms with E-state index in [4.69, 9.17) is 0 Å². The highest BCUT2D eigenvalue weighted by Crippen LogP contribution is 2.35. The third-order valence-electron chi connectivity index (χ3n) is 3.44. The van der Waals surface area contributed by atoms with Gasteiger partial charge in [-0.15, -0.1) is 16.8 Å². The van der Waals surface area contributed by atoms with Crippen LogP contribution >= 0.6 is 23.1 Å². The SMILES string of the molecule is C=CCN1C(=O)/C(=C\c2ccc(C(F)(F)F)cc2)SC1=Nc1nnc(C)s1. The molecule has 1 fully saturated rings. The van der Waals surface area contributed by atoms with Gasteiger partial charge in [0.15, 0.2) is 5.17 Å². The molecule has 0 radical (unpaired) electrons. The van der Waals surface area contributed by atoms with Crippen molar-refractivity contribution in [2.45, 2.75) is 13.1 Å². The number of amidine groups is 1. The largest absolute Gasteiger partial charge is 0.416 e. The molecule has 0 aliphatic carbocycles. The standard InChI is InChI=1S/C17H13F3N4OS2/c1-3-8-24-14(25)13(27-16(24)21-15-23-22-10(2)26-15)9-11-4-6-12(7-5-11)17(18,19)20/h3-7,9H,1,8H2,2H3/b13-9+,21-16?. The smallest absolute Gasteiger partial charge is 0.282 e. The molecule has 0 saturated carbocycles. The van der Waals surface area contributed by atoms with Gasteiger partial charge in [-0.25, -0.2) is 0 Å². The van der Waals surface area contributed by atoms with Crippen molar-refractivity contribution in [3.05, 3.63) is 58.0 Å². The lowest BCUT2D eigenvalue weighted by Gasteiger charge is -2.11. The predicted molar refractivity (Wildman–Crippen MR) is 101 cm³/mol. The van der Waals surface area contributed by atoms with Gasteiger partial charge < -0.3 is 0 Å². The molecule has 1 amide bonds. The molecule has 0 spiro atoms. The fraction of sp³-hybridized carbons (Fsp3) is 0.176. The molecular weight excluding hydrogens is 397 g/mol. The van der Waals surface area contributed by atoms with Gasteiger partial charge >= 0.3 is 6.18 Å². The van der Waals surface area contributed by atoms with Gasteiger partial charge in [-0.3, -0.25) is 9.69 Å². The minimum Gasteiger partial charge on any atom is -0.282 e. The number of aliphatic imine (C=N–C) groups is 1. The molecule has 0 N–H and O–H groups in total. The van der Waals surface area contributed by atoms with Crippen molar-refractivity contribution in [2.24, 2.45) is 4.99 Å². The van der Waals surface area contributed by atoms with Crippen LogP contribution in [0.2, 0.25) is 0 Å². The summed E-state index contributed by atoms with van der Waals surface area (Å²) in [6.45, 7) is 5.69. The van der Waals surface area contributed by atoms with Gasteiger partial charge in [0.1, 0.15) is 5.01 Å². The highest BCUT2D eigenvalue weighted by atomic mass is 32.2. The molecule has 1 aromatic heterocycles. The number of nitrogens with zero attached hydrogens (tertiary/aromatic N) is 4. The van der Waals surface area contributed by atoms with Crippen LogP contribution in [0.15, 0.2) is 46.8 Å². The van der Waals surface area contributed by atoms with Crippen molar-refractivity contribution >= 4 is 45.4 Å². The molecule has 10 heteroatoms. The molecule has 27 heavy (non-hydrogen) atoms. The monoisotopic (exact) mass is 410 g/mol. The normalized spacial score (nSPS) is 17.9. The van der Waals surface area contributed by atoms with E-state index in [1.165, 1.54) is 34.4 Å². The van der Waals surface area contributed by atoms with Gasteiger partial charge in [0.25, 0.3) is 5.91 Å².